The Balaban J connectivity index is 2.96. The van der Waals surface area contributed by atoms with Crippen LogP contribution in [0.5, 0.6) is 0 Å². The van der Waals surface area contributed by atoms with Gasteiger partial charge in [-0.2, -0.15) is 0 Å². The molecule has 0 fully saturated rings. The summed E-state index contributed by atoms with van der Waals surface area (Å²) in [6.45, 7) is 5.44. The molecule has 4 nitrogen and oxygen atoms in total. The van der Waals surface area contributed by atoms with Crippen LogP contribution in [0.3, 0.4) is 0 Å². The van der Waals surface area contributed by atoms with Crippen LogP contribution in [0.4, 0.5) is 0 Å². The number of hydrogen-bond donors (Lipinski definition) is 1. The number of rotatable bonds is 5. The number of halogens is 1. The molecule has 1 unspecified atom stereocenters. The molecule has 1 aromatic carbocycles. The molecule has 1 aromatic rings. The highest BCUT2D eigenvalue weighted by molar-refractivity contribution is 6.31. The molecule has 0 saturated heterocycles. The number of carbonyl (C=O) groups excluding carboxylic acids is 2. The molecule has 0 aromatic heterocycles. The highest BCUT2D eigenvalue weighted by Crippen LogP contribution is 2.19. The van der Waals surface area contributed by atoms with Gasteiger partial charge in [0, 0.05) is 10.6 Å². The summed E-state index contributed by atoms with van der Waals surface area (Å²) in [7, 11) is 1.31. The van der Waals surface area contributed by atoms with Crippen LogP contribution in [0.2, 0.25) is 5.02 Å². The van der Waals surface area contributed by atoms with E-state index >= 15 is 0 Å². The quantitative estimate of drug-likeness (QED) is 0.850. The number of benzene rings is 1. The highest BCUT2D eigenvalue weighted by atomic mass is 35.5. The number of hydrogen-bond acceptors (Lipinski definition) is 3. The summed E-state index contributed by atoms with van der Waals surface area (Å²) in [4.78, 5) is 24.1. The van der Waals surface area contributed by atoms with E-state index in [0.717, 1.165) is 12.0 Å². The minimum Gasteiger partial charge on any atom is -0.467 e. The van der Waals surface area contributed by atoms with Gasteiger partial charge in [-0.25, -0.2) is 4.79 Å². The van der Waals surface area contributed by atoms with E-state index in [0.29, 0.717) is 17.0 Å². The first-order valence-corrected chi connectivity index (χ1v) is 6.89. The lowest BCUT2D eigenvalue weighted by atomic mass is 9.95. The fourth-order valence-corrected chi connectivity index (χ4v) is 2.17. The van der Waals surface area contributed by atoms with Gasteiger partial charge in [-0.15, -0.1) is 0 Å². The molecule has 1 amide bonds. The Bertz CT molecular complexity index is 516. The van der Waals surface area contributed by atoms with Gasteiger partial charge in [-0.1, -0.05) is 24.9 Å². The van der Waals surface area contributed by atoms with Crippen LogP contribution in [-0.2, 0) is 9.53 Å². The largest absolute Gasteiger partial charge is 0.467 e. The second-order valence-electron chi connectivity index (χ2n) is 4.99. The predicted molar refractivity (Wildman–Crippen MR) is 79.0 cm³/mol. The number of methoxy groups -OCH3 is 1. The van der Waals surface area contributed by atoms with Crippen LogP contribution in [-0.4, -0.2) is 24.5 Å². The van der Waals surface area contributed by atoms with E-state index < -0.39 is 11.5 Å². The van der Waals surface area contributed by atoms with Gasteiger partial charge in [0.25, 0.3) is 5.91 Å². The molecule has 0 radical (unpaired) electrons. The maximum Gasteiger partial charge on any atom is 0.331 e. The van der Waals surface area contributed by atoms with Gasteiger partial charge in [0.1, 0.15) is 5.54 Å². The summed E-state index contributed by atoms with van der Waals surface area (Å²) in [6, 6.07) is 5.00. The summed E-state index contributed by atoms with van der Waals surface area (Å²) in [5, 5.41) is 3.35. The lowest BCUT2D eigenvalue weighted by Crippen LogP contribution is -2.52. The number of esters is 1. The smallest absolute Gasteiger partial charge is 0.331 e. The molecule has 1 atom stereocenters. The van der Waals surface area contributed by atoms with E-state index in [2.05, 4.69) is 5.32 Å². The number of amides is 1. The molecular formula is C15H20ClNO3. The van der Waals surface area contributed by atoms with Crippen LogP contribution in [0.15, 0.2) is 18.2 Å². The van der Waals surface area contributed by atoms with Crippen LogP contribution in [0.1, 0.15) is 42.6 Å². The van der Waals surface area contributed by atoms with Gasteiger partial charge in [-0.3, -0.25) is 4.79 Å². The molecular weight excluding hydrogens is 278 g/mol. The van der Waals surface area contributed by atoms with Crippen molar-refractivity contribution in [2.45, 2.75) is 39.2 Å². The van der Waals surface area contributed by atoms with Crippen molar-refractivity contribution >= 4 is 23.5 Å². The highest BCUT2D eigenvalue weighted by Gasteiger charge is 2.35. The van der Waals surface area contributed by atoms with Crippen molar-refractivity contribution in [3.05, 3.63) is 34.3 Å². The molecule has 0 aliphatic heterocycles. The SMILES string of the molecule is CCCC(C)(NC(=O)c1ccc(Cl)c(C)c1)C(=O)OC. The number of aryl methyl sites for hydroxylation is 1. The van der Waals surface area contributed by atoms with E-state index in [9.17, 15) is 9.59 Å². The topological polar surface area (TPSA) is 55.4 Å². The summed E-state index contributed by atoms with van der Waals surface area (Å²) in [5.74, 6) is -0.760. The lowest BCUT2D eigenvalue weighted by Gasteiger charge is -2.27. The fourth-order valence-electron chi connectivity index (χ4n) is 2.05. The molecule has 0 heterocycles. The van der Waals surface area contributed by atoms with Crippen molar-refractivity contribution in [3.63, 3.8) is 0 Å². The van der Waals surface area contributed by atoms with E-state index in [-0.39, 0.29) is 5.91 Å². The van der Waals surface area contributed by atoms with Crippen molar-refractivity contribution in [2.75, 3.05) is 7.11 Å². The zero-order valence-corrected chi connectivity index (χ0v) is 13.0. The number of ether oxygens (including phenoxy) is 1. The predicted octanol–water partition coefficient (Wildman–Crippen LogP) is 3.11. The average molecular weight is 298 g/mol. The van der Waals surface area contributed by atoms with Gasteiger partial charge in [-0.05, 0) is 44.0 Å². The van der Waals surface area contributed by atoms with Gasteiger partial charge in [0.05, 0.1) is 7.11 Å². The van der Waals surface area contributed by atoms with Crippen molar-refractivity contribution < 1.29 is 14.3 Å². The molecule has 0 saturated carbocycles. The zero-order chi connectivity index (χ0) is 15.3. The first kappa shape index (κ1) is 16.5. The average Bonchev–Trinajstić information content (AvgIpc) is 2.40. The molecule has 1 N–H and O–H groups in total. The van der Waals surface area contributed by atoms with Gasteiger partial charge in [0.2, 0.25) is 0 Å². The van der Waals surface area contributed by atoms with E-state index in [1.54, 1.807) is 25.1 Å². The van der Waals surface area contributed by atoms with Gasteiger partial charge < -0.3 is 10.1 Å². The monoisotopic (exact) mass is 297 g/mol. The molecule has 0 bridgehead atoms. The number of nitrogens with one attached hydrogen (secondary N) is 1. The van der Waals surface area contributed by atoms with Crippen LogP contribution in [0.25, 0.3) is 0 Å². The molecule has 5 heteroatoms. The number of carbonyl (C=O) groups is 2. The first-order chi connectivity index (χ1) is 9.34. The van der Waals surface area contributed by atoms with Crippen molar-refractivity contribution in [3.8, 4) is 0 Å². The second kappa shape index (κ2) is 6.75. The van der Waals surface area contributed by atoms with Gasteiger partial charge >= 0.3 is 5.97 Å². The molecule has 0 aliphatic carbocycles. The zero-order valence-electron chi connectivity index (χ0n) is 12.2. The summed E-state index contributed by atoms with van der Waals surface area (Å²) < 4.78 is 4.77. The van der Waals surface area contributed by atoms with Gasteiger partial charge in [0.15, 0.2) is 0 Å². The standard InChI is InChI=1S/C15H20ClNO3/c1-5-8-15(3,14(19)20-4)17-13(18)11-6-7-12(16)10(2)9-11/h6-7,9H,5,8H2,1-4H3,(H,17,18). The van der Waals surface area contributed by atoms with Crippen LogP contribution in [0, 0.1) is 6.92 Å². The molecule has 1 rings (SSSR count). The first-order valence-electron chi connectivity index (χ1n) is 6.51. The Morgan fingerprint density at radius 2 is 2.05 bits per heavy atom. The molecule has 0 spiro atoms. The maximum atomic E-state index is 12.3. The fraction of sp³-hybridized carbons (Fsp3) is 0.467. The second-order valence-corrected chi connectivity index (χ2v) is 5.40. The summed E-state index contributed by atoms with van der Waals surface area (Å²) in [5.41, 5.74) is 0.265. The van der Waals surface area contributed by atoms with E-state index in [1.807, 2.05) is 13.8 Å². The van der Waals surface area contributed by atoms with Crippen LogP contribution >= 0.6 is 11.6 Å². The minimum absolute atomic E-state index is 0.314. The normalized spacial score (nSPS) is 13.4. The minimum atomic E-state index is -1.02. The lowest BCUT2D eigenvalue weighted by molar-refractivity contribution is -0.147. The molecule has 20 heavy (non-hydrogen) atoms. The Morgan fingerprint density at radius 1 is 1.40 bits per heavy atom. The molecule has 0 aliphatic rings. The van der Waals surface area contributed by atoms with E-state index in [1.165, 1.54) is 7.11 Å². The van der Waals surface area contributed by atoms with Crippen molar-refractivity contribution in [1.82, 2.24) is 5.32 Å². The molecule has 110 valence electrons. The Morgan fingerprint density at radius 3 is 2.55 bits per heavy atom. The van der Waals surface area contributed by atoms with Crippen molar-refractivity contribution in [2.24, 2.45) is 0 Å². The Kier molecular flexibility index (Phi) is 5.57. The van der Waals surface area contributed by atoms with E-state index in [4.69, 9.17) is 16.3 Å². The van der Waals surface area contributed by atoms with Crippen molar-refractivity contribution in [1.29, 1.82) is 0 Å². The Hall–Kier alpha value is -1.55. The maximum absolute atomic E-state index is 12.3. The third-order valence-corrected chi connectivity index (χ3v) is 3.62. The Labute approximate surface area is 124 Å². The summed E-state index contributed by atoms with van der Waals surface area (Å²) >= 11 is 5.94. The third kappa shape index (κ3) is 3.73. The third-order valence-electron chi connectivity index (χ3n) is 3.20. The summed E-state index contributed by atoms with van der Waals surface area (Å²) in [6.07, 6.45) is 1.27. The van der Waals surface area contributed by atoms with Crippen LogP contribution < -0.4 is 5.32 Å².